The summed E-state index contributed by atoms with van der Waals surface area (Å²) in [6, 6.07) is 3.93. The molecule has 1 fully saturated rings. The summed E-state index contributed by atoms with van der Waals surface area (Å²) in [5.41, 5.74) is 0.779. The van der Waals surface area contributed by atoms with Gasteiger partial charge in [-0.05, 0) is 37.0 Å². The first-order valence-corrected chi connectivity index (χ1v) is 11.1. The number of hydrogen-bond acceptors (Lipinski definition) is 5. The molecule has 0 radical (unpaired) electrons. The Hall–Kier alpha value is -1.94. The largest absolute Gasteiger partial charge is 0.356 e. The van der Waals surface area contributed by atoms with Gasteiger partial charge in [-0.2, -0.15) is 18.0 Å². The number of rotatable bonds is 3. The van der Waals surface area contributed by atoms with Gasteiger partial charge in [-0.1, -0.05) is 30.1 Å². The minimum absolute atomic E-state index is 0.0231. The molecule has 0 spiro atoms. The molecule has 0 unspecified atom stereocenters. The first-order valence-electron chi connectivity index (χ1n) is 8.92. The van der Waals surface area contributed by atoms with Crippen molar-refractivity contribution < 1.29 is 17.4 Å². The van der Waals surface area contributed by atoms with E-state index in [-0.39, 0.29) is 15.8 Å². The molecule has 3 aromatic rings. The molecule has 7 nitrogen and oxygen atoms in total. The second kappa shape index (κ2) is 7.39. The number of nitrogens with zero attached hydrogens (tertiary/aromatic N) is 4. The highest BCUT2D eigenvalue weighted by atomic mass is 35.5. The van der Waals surface area contributed by atoms with Gasteiger partial charge < -0.3 is 4.90 Å². The van der Waals surface area contributed by atoms with Crippen LogP contribution in [0.15, 0.2) is 29.3 Å². The maximum Gasteiger partial charge on any atom is 0.299 e. The van der Waals surface area contributed by atoms with Gasteiger partial charge in [0.1, 0.15) is 16.8 Å². The fourth-order valence-corrected chi connectivity index (χ4v) is 4.62. The van der Waals surface area contributed by atoms with Crippen LogP contribution in [-0.2, 0) is 10.1 Å². The summed E-state index contributed by atoms with van der Waals surface area (Å²) in [5.74, 6) is 0.545. The third-order valence-corrected chi connectivity index (χ3v) is 6.54. The van der Waals surface area contributed by atoms with Crippen molar-refractivity contribution in [3.05, 3.63) is 40.4 Å². The molecule has 11 heteroatoms. The minimum atomic E-state index is -4.55. The lowest BCUT2D eigenvalue weighted by Crippen LogP contribution is -2.35. The Kier molecular flexibility index (Phi) is 5.18. The summed E-state index contributed by atoms with van der Waals surface area (Å²) in [6.07, 6.45) is 2.87. The highest BCUT2D eigenvalue weighted by molar-refractivity contribution is 7.86. The highest BCUT2D eigenvalue weighted by Crippen LogP contribution is 2.41. The predicted molar refractivity (Wildman–Crippen MR) is 109 cm³/mol. The molecule has 1 aromatic carbocycles. The quantitative estimate of drug-likeness (QED) is 0.464. The van der Waals surface area contributed by atoms with Crippen molar-refractivity contribution in [3.8, 4) is 11.1 Å². The summed E-state index contributed by atoms with van der Waals surface area (Å²) in [6.45, 7) is 3.53. The Morgan fingerprint density at radius 3 is 2.55 bits per heavy atom. The summed E-state index contributed by atoms with van der Waals surface area (Å²) < 4.78 is 47.9. The maximum absolute atomic E-state index is 13.6. The first kappa shape index (κ1) is 20.3. The van der Waals surface area contributed by atoms with E-state index in [1.165, 1.54) is 22.7 Å². The number of anilines is 1. The molecule has 1 aliphatic heterocycles. The maximum atomic E-state index is 13.6. The van der Waals surface area contributed by atoms with Gasteiger partial charge in [0.25, 0.3) is 10.1 Å². The third kappa shape index (κ3) is 3.68. The van der Waals surface area contributed by atoms with Crippen molar-refractivity contribution >= 4 is 44.8 Å². The van der Waals surface area contributed by atoms with Gasteiger partial charge in [0, 0.05) is 18.7 Å². The number of aromatic nitrogens is 3. The molecule has 154 valence electrons. The molecule has 0 atom stereocenters. The summed E-state index contributed by atoms with van der Waals surface area (Å²) >= 11 is 12.8. The van der Waals surface area contributed by atoms with Gasteiger partial charge in [0.05, 0.1) is 16.8 Å². The monoisotopic (exact) mass is 458 g/mol. The average Bonchev–Trinajstić information content (AvgIpc) is 3.06. The molecule has 4 rings (SSSR count). The zero-order valence-electron chi connectivity index (χ0n) is 15.3. The van der Waals surface area contributed by atoms with Crippen LogP contribution in [0.5, 0.6) is 0 Å². The first-order chi connectivity index (χ1) is 13.7. The van der Waals surface area contributed by atoms with Gasteiger partial charge in [0.2, 0.25) is 0 Å². The summed E-state index contributed by atoms with van der Waals surface area (Å²) in [4.78, 5) is 5.74. The van der Waals surface area contributed by atoms with Gasteiger partial charge in [-0.25, -0.2) is 9.37 Å². The van der Waals surface area contributed by atoms with Gasteiger partial charge in [0.15, 0.2) is 10.5 Å². The van der Waals surface area contributed by atoms with Crippen LogP contribution in [0.3, 0.4) is 0 Å². The molecular formula is C18H17Cl2FN4O3S. The van der Waals surface area contributed by atoms with Gasteiger partial charge in [-0.3, -0.25) is 4.55 Å². The predicted octanol–water partition coefficient (Wildman–Crippen LogP) is 4.33. The van der Waals surface area contributed by atoms with E-state index in [0.717, 1.165) is 19.0 Å². The third-order valence-electron chi connectivity index (χ3n) is 5.11. The van der Waals surface area contributed by atoms with Crippen molar-refractivity contribution in [3.63, 3.8) is 0 Å². The van der Waals surface area contributed by atoms with E-state index >= 15 is 0 Å². The number of benzene rings is 1. The van der Waals surface area contributed by atoms with E-state index in [1.807, 2.05) is 4.90 Å². The van der Waals surface area contributed by atoms with E-state index in [4.69, 9.17) is 23.2 Å². The summed E-state index contributed by atoms with van der Waals surface area (Å²) in [5, 5.41) is 4.27. The van der Waals surface area contributed by atoms with E-state index < -0.39 is 20.8 Å². The molecule has 2 aromatic heterocycles. The van der Waals surface area contributed by atoms with Crippen molar-refractivity contribution in [2.24, 2.45) is 5.92 Å². The molecule has 0 aliphatic carbocycles. The molecule has 0 saturated carbocycles. The van der Waals surface area contributed by atoms with Crippen LogP contribution in [0.4, 0.5) is 10.2 Å². The molecule has 3 heterocycles. The fourth-order valence-electron chi connectivity index (χ4n) is 3.55. The Morgan fingerprint density at radius 2 is 1.93 bits per heavy atom. The van der Waals surface area contributed by atoms with Crippen molar-refractivity contribution in [1.29, 1.82) is 0 Å². The second-order valence-electron chi connectivity index (χ2n) is 7.11. The average molecular weight is 459 g/mol. The molecule has 0 amide bonds. The Morgan fingerprint density at radius 1 is 1.24 bits per heavy atom. The Balaban J connectivity index is 2.04. The van der Waals surface area contributed by atoms with Crippen molar-refractivity contribution in [2.75, 3.05) is 18.0 Å². The van der Waals surface area contributed by atoms with E-state index in [0.29, 0.717) is 36.0 Å². The lowest BCUT2D eigenvalue weighted by atomic mass is 9.98. The number of piperidine rings is 1. The lowest BCUT2D eigenvalue weighted by Gasteiger charge is -2.33. The Bertz CT molecular complexity index is 1210. The lowest BCUT2D eigenvalue weighted by molar-refractivity contribution is 0.435. The van der Waals surface area contributed by atoms with Crippen LogP contribution in [0.2, 0.25) is 10.2 Å². The Labute approximate surface area is 176 Å². The van der Waals surface area contributed by atoms with Crippen LogP contribution < -0.4 is 4.90 Å². The van der Waals surface area contributed by atoms with Gasteiger partial charge in [-0.15, -0.1) is 0 Å². The van der Waals surface area contributed by atoms with Gasteiger partial charge >= 0.3 is 0 Å². The SMILES string of the molecule is CC1CCN(c2c(-c3ccc(F)cc3Cl)c(Cl)nc3c(S(=O)(=O)O)cnn23)CC1. The molecule has 1 aliphatic rings. The minimum Gasteiger partial charge on any atom is -0.356 e. The van der Waals surface area contributed by atoms with Crippen LogP contribution in [0, 0.1) is 11.7 Å². The van der Waals surface area contributed by atoms with Crippen LogP contribution in [0.25, 0.3) is 16.8 Å². The topological polar surface area (TPSA) is 87.8 Å². The standard InChI is InChI=1S/C18H17Cl2FN4O3S/c1-10-4-6-24(7-5-10)18-15(12-3-2-11(21)8-13(12)19)16(20)23-17-14(29(26,27)28)9-22-25(17)18/h2-3,8-10H,4-7H2,1H3,(H,26,27,28). The molecule has 1 saturated heterocycles. The van der Waals surface area contributed by atoms with Crippen LogP contribution >= 0.6 is 23.2 Å². The molecule has 1 N–H and O–H groups in total. The van der Waals surface area contributed by atoms with E-state index in [9.17, 15) is 17.4 Å². The normalized spacial score (nSPS) is 16.0. The zero-order valence-corrected chi connectivity index (χ0v) is 17.6. The van der Waals surface area contributed by atoms with Crippen LogP contribution in [-0.4, -0.2) is 40.7 Å². The number of hydrogen-bond donors (Lipinski definition) is 1. The van der Waals surface area contributed by atoms with E-state index in [1.54, 1.807) is 0 Å². The zero-order chi connectivity index (χ0) is 20.9. The highest BCUT2D eigenvalue weighted by Gasteiger charge is 2.29. The second-order valence-corrected chi connectivity index (χ2v) is 9.27. The molecule has 0 bridgehead atoms. The molecular weight excluding hydrogens is 442 g/mol. The van der Waals surface area contributed by atoms with Crippen LogP contribution in [0.1, 0.15) is 19.8 Å². The number of fused-ring (bicyclic) bond motifs is 1. The molecule has 29 heavy (non-hydrogen) atoms. The van der Waals surface area contributed by atoms with E-state index in [2.05, 4.69) is 17.0 Å². The smallest absolute Gasteiger partial charge is 0.299 e. The fraction of sp³-hybridized carbons (Fsp3) is 0.333. The number of halogens is 3. The summed E-state index contributed by atoms with van der Waals surface area (Å²) in [7, 11) is -4.55. The van der Waals surface area contributed by atoms with Crippen molar-refractivity contribution in [2.45, 2.75) is 24.7 Å². The van der Waals surface area contributed by atoms with Crippen molar-refractivity contribution in [1.82, 2.24) is 14.6 Å².